The van der Waals surface area contributed by atoms with Crippen molar-refractivity contribution in [1.29, 1.82) is 0 Å². The summed E-state index contributed by atoms with van der Waals surface area (Å²) in [5.41, 5.74) is 7.75. The lowest BCUT2D eigenvalue weighted by Crippen LogP contribution is -2.14. The molecular formula is C10H15ClN2S. The van der Waals surface area contributed by atoms with Crippen molar-refractivity contribution in [3.8, 4) is 0 Å². The van der Waals surface area contributed by atoms with Crippen molar-refractivity contribution in [3.63, 3.8) is 0 Å². The fourth-order valence-corrected chi connectivity index (χ4v) is 2.03. The van der Waals surface area contributed by atoms with Gasteiger partial charge in [0.1, 0.15) is 0 Å². The zero-order chi connectivity index (χ0) is 10.9. The molecule has 0 saturated carbocycles. The van der Waals surface area contributed by atoms with Crippen LogP contribution < -0.4 is 10.9 Å². The number of hydrogen-bond acceptors (Lipinski definition) is 3. The maximum atomic E-state index is 5.99. The molecule has 0 amide bonds. The number of benzene rings is 1. The second kappa shape index (κ2) is 4.01. The smallest absolute Gasteiger partial charge is 0.0504 e. The number of nitrogen functional groups attached to an aromatic ring is 1. The van der Waals surface area contributed by atoms with E-state index >= 15 is 0 Å². The predicted octanol–water partition coefficient (Wildman–Crippen LogP) is 3.19. The molecule has 1 aromatic carbocycles. The van der Waals surface area contributed by atoms with E-state index in [9.17, 15) is 0 Å². The van der Waals surface area contributed by atoms with Gasteiger partial charge in [-0.2, -0.15) is 0 Å². The first kappa shape index (κ1) is 11.7. The highest BCUT2D eigenvalue weighted by molar-refractivity contribution is 7.97. The Balaban J connectivity index is 3.37. The first-order chi connectivity index (χ1) is 6.36. The van der Waals surface area contributed by atoms with Gasteiger partial charge < -0.3 is 5.73 Å². The van der Waals surface area contributed by atoms with Gasteiger partial charge in [0.25, 0.3) is 0 Å². The van der Waals surface area contributed by atoms with E-state index in [-0.39, 0.29) is 5.41 Å². The van der Waals surface area contributed by atoms with Gasteiger partial charge in [-0.3, -0.25) is 5.14 Å². The molecule has 14 heavy (non-hydrogen) atoms. The third-order valence-corrected chi connectivity index (χ3v) is 2.85. The summed E-state index contributed by atoms with van der Waals surface area (Å²) in [6.07, 6.45) is 0. The maximum Gasteiger partial charge on any atom is 0.0504 e. The SMILES string of the molecule is CC(C)(C)c1cc(Cl)cc(SN)c1N. The van der Waals surface area contributed by atoms with E-state index in [0.29, 0.717) is 5.02 Å². The second-order valence-electron chi connectivity index (χ2n) is 4.23. The summed E-state index contributed by atoms with van der Waals surface area (Å²) >= 11 is 7.11. The fraction of sp³-hybridized carbons (Fsp3) is 0.400. The molecule has 0 spiro atoms. The number of anilines is 1. The molecule has 0 atom stereocenters. The van der Waals surface area contributed by atoms with Crippen LogP contribution in [0.1, 0.15) is 26.3 Å². The van der Waals surface area contributed by atoms with E-state index in [1.54, 1.807) is 6.07 Å². The minimum Gasteiger partial charge on any atom is -0.398 e. The summed E-state index contributed by atoms with van der Waals surface area (Å²) in [4.78, 5) is 0.836. The Morgan fingerprint density at radius 1 is 1.29 bits per heavy atom. The van der Waals surface area contributed by atoms with Crippen molar-refractivity contribution in [2.75, 3.05) is 5.73 Å². The van der Waals surface area contributed by atoms with Crippen LogP contribution in [0.4, 0.5) is 5.69 Å². The highest BCUT2D eigenvalue weighted by atomic mass is 35.5. The first-order valence-electron chi connectivity index (χ1n) is 4.32. The van der Waals surface area contributed by atoms with Gasteiger partial charge in [0, 0.05) is 9.92 Å². The molecule has 0 aromatic heterocycles. The van der Waals surface area contributed by atoms with Crippen molar-refractivity contribution in [2.45, 2.75) is 31.1 Å². The van der Waals surface area contributed by atoms with Crippen LogP contribution in [0.25, 0.3) is 0 Å². The van der Waals surface area contributed by atoms with Crippen LogP contribution >= 0.6 is 23.5 Å². The van der Waals surface area contributed by atoms with Gasteiger partial charge in [-0.25, -0.2) is 0 Å². The van der Waals surface area contributed by atoms with E-state index in [0.717, 1.165) is 28.1 Å². The highest BCUT2D eigenvalue weighted by Crippen LogP contribution is 2.35. The third-order valence-electron chi connectivity index (χ3n) is 2.04. The topological polar surface area (TPSA) is 52.0 Å². The van der Waals surface area contributed by atoms with Crippen LogP contribution in [-0.4, -0.2) is 0 Å². The summed E-state index contributed by atoms with van der Waals surface area (Å²) in [6, 6.07) is 3.69. The molecule has 0 fully saturated rings. The molecule has 0 aliphatic rings. The Labute approximate surface area is 94.1 Å². The highest BCUT2D eigenvalue weighted by Gasteiger charge is 2.19. The van der Waals surface area contributed by atoms with Crippen LogP contribution in [0.5, 0.6) is 0 Å². The third kappa shape index (κ3) is 2.35. The molecule has 0 aliphatic carbocycles. The molecular weight excluding hydrogens is 216 g/mol. The minimum absolute atomic E-state index is 0.0144. The van der Waals surface area contributed by atoms with E-state index in [1.807, 2.05) is 6.07 Å². The lowest BCUT2D eigenvalue weighted by Gasteiger charge is -2.22. The Bertz CT molecular complexity index is 345. The normalized spacial score (nSPS) is 11.8. The summed E-state index contributed by atoms with van der Waals surface area (Å²) in [5, 5.41) is 6.19. The van der Waals surface area contributed by atoms with Crippen LogP contribution in [0.3, 0.4) is 0 Å². The summed E-state index contributed by atoms with van der Waals surface area (Å²) in [6.45, 7) is 6.29. The van der Waals surface area contributed by atoms with Gasteiger partial charge in [-0.15, -0.1) is 0 Å². The monoisotopic (exact) mass is 230 g/mol. The molecule has 0 radical (unpaired) electrons. The average Bonchev–Trinajstić information content (AvgIpc) is 2.06. The molecule has 2 nitrogen and oxygen atoms in total. The van der Waals surface area contributed by atoms with Gasteiger partial charge in [0.15, 0.2) is 0 Å². The summed E-state index contributed by atoms with van der Waals surface area (Å²) in [5.74, 6) is 0. The Morgan fingerprint density at radius 3 is 2.29 bits per heavy atom. The van der Waals surface area contributed by atoms with Crippen molar-refractivity contribution in [1.82, 2.24) is 0 Å². The molecule has 0 saturated heterocycles. The Morgan fingerprint density at radius 2 is 1.86 bits per heavy atom. The quantitative estimate of drug-likeness (QED) is 0.576. The maximum absolute atomic E-state index is 5.99. The lowest BCUT2D eigenvalue weighted by atomic mass is 9.86. The van der Waals surface area contributed by atoms with Crippen LogP contribution in [0.2, 0.25) is 5.02 Å². The van der Waals surface area contributed by atoms with Gasteiger partial charge >= 0.3 is 0 Å². The zero-order valence-corrected chi connectivity index (χ0v) is 10.2. The Hall–Kier alpha value is -0.380. The molecule has 0 unspecified atom stereocenters. The van der Waals surface area contributed by atoms with E-state index in [1.165, 1.54) is 0 Å². The van der Waals surface area contributed by atoms with Crippen LogP contribution in [0, 0.1) is 0 Å². The zero-order valence-electron chi connectivity index (χ0n) is 8.60. The van der Waals surface area contributed by atoms with Gasteiger partial charge in [-0.05, 0) is 35.1 Å². The molecule has 1 aromatic rings. The molecule has 0 heterocycles. The molecule has 4 heteroatoms. The summed E-state index contributed by atoms with van der Waals surface area (Å²) < 4.78 is 0. The molecule has 0 bridgehead atoms. The van der Waals surface area contributed by atoms with Crippen LogP contribution in [-0.2, 0) is 5.41 Å². The molecule has 4 N–H and O–H groups in total. The van der Waals surface area contributed by atoms with Crippen molar-refractivity contribution >= 4 is 29.2 Å². The van der Waals surface area contributed by atoms with E-state index in [2.05, 4.69) is 20.8 Å². The summed E-state index contributed by atoms with van der Waals surface area (Å²) in [7, 11) is 0. The van der Waals surface area contributed by atoms with Crippen molar-refractivity contribution in [3.05, 3.63) is 22.7 Å². The number of halogens is 1. The lowest BCUT2D eigenvalue weighted by molar-refractivity contribution is 0.591. The number of nitrogens with two attached hydrogens (primary N) is 2. The molecule has 0 aliphatic heterocycles. The predicted molar refractivity (Wildman–Crippen MR) is 64.6 cm³/mol. The Kier molecular flexibility index (Phi) is 3.35. The van der Waals surface area contributed by atoms with Crippen molar-refractivity contribution < 1.29 is 0 Å². The second-order valence-corrected chi connectivity index (χ2v) is 5.34. The molecule has 78 valence electrons. The van der Waals surface area contributed by atoms with Gasteiger partial charge in [-0.1, -0.05) is 32.4 Å². The first-order valence-corrected chi connectivity index (χ1v) is 5.58. The van der Waals surface area contributed by atoms with Crippen molar-refractivity contribution in [2.24, 2.45) is 5.14 Å². The fourth-order valence-electron chi connectivity index (χ4n) is 1.31. The largest absolute Gasteiger partial charge is 0.398 e. The minimum atomic E-state index is -0.0144. The van der Waals surface area contributed by atoms with Gasteiger partial charge in [0.2, 0.25) is 0 Å². The van der Waals surface area contributed by atoms with Crippen LogP contribution in [0.15, 0.2) is 17.0 Å². The standard InChI is InChI=1S/C10H15ClN2S/c1-10(2,3)7-4-6(11)5-8(14-13)9(7)12/h4-5H,12-13H2,1-3H3. The van der Waals surface area contributed by atoms with Gasteiger partial charge in [0.05, 0.1) is 5.69 Å². The van der Waals surface area contributed by atoms with E-state index < -0.39 is 0 Å². The average molecular weight is 231 g/mol. The number of hydrogen-bond donors (Lipinski definition) is 2. The van der Waals surface area contributed by atoms with E-state index in [4.69, 9.17) is 22.5 Å². The molecule has 1 rings (SSSR count). The number of rotatable bonds is 1.